The van der Waals surface area contributed by atoms with Crippen LogP contribution in [-0.2, 0) is 12.8 Å². The Morgan fingerprint density at radius 2 is 2.05 bits per heavy atom. The fraction of sp³-hybridized carbons (Fsp3) is 0.333. The third kappa shape index (κ3) is 1.47. The first-order valence-electron chi connectivity index (χ1n) is 7.57. The van der Waals surface area contributed by atoms with Gasteiger partial charge in [-0.25, -0.2) is 0 Å². The largest absolute Gasteiger partial charge is 0.454 e. The Morgan fingerprint density at radius 1 is 1.14 bits per heavy atom. The lowest BCUT2D eigenvalue weighted by Crippen LogP contribution is -2.35. The van der Waals surface area contributed by atoms with E-state index in [2.05, 4.69) is 42.3 Å². The lowest BCUT2D eigenvalue weighted by atomic mass is 9.76. The monoisotopic (exact) mass is 279 g/mol. The van der Waals surface area contributed by atoms with Crippen molar-refractivity contribution in [2.24, 2.45) is 0 Å². The van der Waals surface area contributed by atoms with Gasteiger partial charge in [-0.3, -0.25) is 4.90 Å². The highest BCUT2D eigenvalue weighted by molar-refractivity contribution is 5.83. The molecule has 106 valence electrons. The third-order valence-electron chi connectivity index (χ3n) is 5.09. The summed E-state index contributed by atoms with van der Waals surface area (Å²) in [4.78, 5) is 2.48. The van der Waals surface area contributed by atoms with Crippen molar-refractivity contribution >= 4 is 0 Å². The zero-order valence-electron chi connectivity index (χ0n) is 12.1. The highest BCUT2D eigenvalue weighted by atomic mass is 16.7. The first kappa shape index (κ1) is 11.6. The molecule has 3 heteroatoms. The van der Waals surface area contributed by atoms with Crippen LogP contribution in [0.5, 0.6) is 11.5 Å². The second-order valence-corrected chi connectivity index (χ2v) is 6.17. The van der Waals surface area contributed by atoms with Gasteiger partial charge in [-0.15, -0.1) is 0 Å². The Bertz CT molecular complexity index is 753. The normalized spacial score (nSPS) is 21.9. The minimum absolute atomic E-state index is 0.341. The average Bonchev–Trinajstić information content (AvgIpc) is 2.98. The maximum atomic E-state index is 5.82. The van der Waals surface area contributed by atoms with Gasteiger partial charge >= 0.3 is 0 Å². The molecule has 2 aromatic rings. The van der Waals surface area contributed by atoms with E-state index in [1.165, 1.54) is 27.8 Å². The number of benzene rings is 2. The second kappa shape index (κ2) is 4.01. The number of ether oxygens (including phenoxy) is 2. The lowest BCUT2D eigenvalue weighted by molar-refractivity contribution is 0.174. The molecule has 21 heavy (non-hydrogen) atoms. The highest BCUT2D eigenvalue weighted by Gasteiger charge is 2.37. The lowest BCUT2D eigenvalue weighted by Gasteiger charge is -2.40. The van der Waals surface area contributed by atoms with Gasteiger partial charge in [-0.05, 0) is 48.2 Å². The Labute approximate surface area is 124 Å². The Hall–Kier alpha value is -2.00. The summed E-state index contributed by atoms with van der Waals surface area (Å²) < 4.78 is 11.5. The summed E-state index contributed by atoms with van der Waals surface area (Å²) in [6.07, 6.45) is 2.18. The molecule has 0 amide bonds. The quantitative estimate of drug-likeness (QED) is 0.739. The van der Waals surface area contributed by atoms with Crippen molar-refractivity contribution in [1.82, 2.24) is 4.90 Å². The van der Waals surface area contributed by atoms with Crippen LogP contribution in [0.1, 0.15) is 22.7 Å². The van der Waals surface area contributed by atoms with E-state index in [9.17, 15) is 0 Å². The highest BCUT2D eigenvalue weighted by Crippen LogP contribution is 2.53. The zero-order valence-corrected chi connectivity index (χ0v) is 12.1. The van der Waals surface area contributed by atoms with E-state index in [0.717, 1.165) is 30.9 Å². The standard InChI is InChI=1S/C18H17NO2/c1-19-7-6-12-9-15-18(21-10-20-15)17-13-5-3-2-4-11(13)8-14(19)16(12)17/h2-5,9,14H,6-8,10H2,1H3/t14-/m1/s1. The zero-order chi connectivity index (χ0) is 14.0. The van der Waals surface area contributed by atoms with Gasteiger partial charge in [-0.2, -0.15) is 0 Å². The molecule has 0 aromatic heterocycles. The van der Waals surface area contributed by atoms with E-state index in [0.29, 0.717) is 12.8 Å². The van der Waals surface area contributed by atoms with Crippen LogP contribution in [0.2, 0.25) is 0 Å². The Kier molecular flexibility index (Phi) is 2.22. The number of hydrogen-bond acceptors (Lipinski definition) is 3. The fourth-order valence-corrected chi connectivity index (χ4v) is 4.05. The van der Waals surface area contributed by atoms with Gasteiger partial charge in [0.1, 0.15) is 0 Å². The van der Waals surface area contributed by atoms with Gasteiger partial charge in [0.15, 0.2) is 11.5 Å². The van der Waals surface area contributed by atoms with Gasteiger partial charge in [-0.1, -0.05) is 24.3 Å². The first-order valence-corrected chi connectivity index (χ1v) is 7.57. The second-order valence-electron chi connectivity index (χ2n) is 6.17. The number of hydrogen-bond donors (Lipinski definition) is 0. The minimum Gasteiger partial charge on any atom is -0.454 e. The molecule has 2 aliphatic heterocycles. The van der Waals surface area contributed by atoms with Gasteiger partial charge in [0.2, 0.25) is 6.79 Å². The van der Waals surface area contributed by atoms with Crippen LogP contribution in [0, 0.1) is 0 Å². The topological polar surface area (TPSA) is 21.7 Å². The van der Waals surface area contributed by atoms with E-state index in [4.69, 9.17) is 9.47 Å². The van der Waals surface area contributed by atoms with Crippen LogP contribution in [0.25, 0.3) is 11.1 Å². The summed E-state index contributed by atoms with van der Waals surface area (Å²) in [6, 6.07) is 11.4. The SMILES string of the molecule is CN1CCc2cc3c(c4c2[C@H]1Cc1ccccc1-4)OCO3. The maximum Gasteiger partial charge on any atom is 0.231 e. The van der Waals surface area contributed by atoms with Gasteiger partial charge < -0.3 is 9.47 Å². The van der Waals surface area contributed by atoms with Crippen molar-refractivity contribution in [3.05, 3.63) is 47.0 Å². The smallest absolute Gasteiger partial charge is 0.231 e. The average molecular weight is 279 g/mol. The van der Waals surface area contributed by atoms with E-state index in [-0.39, 0.29) is 0 Å². The molecule has 2 heterocycles. The van der Waals surface area contributed by atoms with Crippen molar-refractivity contribution in [3.63, 3.8) is 0 Å². The molecule has 2 aromatic carbocycles. The van der Waals surface area contributed by atoms with Crippen LogP contribution in [0.4, 0.5) is 0 Å². The van der Waals surface area contributed by atoms with Gasteiger partial charge in [0.25, 0.3) is 0 Å². The molecule has 0 N–H and O–H groups in total. The molecule has 3 nitrogen and oxygen atoms in total. The molecule has 0 radical (unpaired) electrons. The Morgan fingerprint density at radius 3 is 3.00 bits per heavy atom. The third-order valence-corrected chi connectivity index (χ3v) is 5.09. The van der Waals surface area contributed by atoms with Crippen molar-refractivity contribution in [2.45, 2.75) is 18.9 Å². The number of likely N-dealkylation sites (N-methyl/N-ethyl adjacent to an activating group) is 1. The van der Waals surface area contributed by atoms with E-state index >= 15 is 0 Å². The first-order chi connectivity index (χ1) is 10.3. The van der Waals surface area contributed by atoms with Gasteiger partial charge in [0, 0.05) is 18.2 Å². The van der Waals surface area contributed by atoms with Crippen LogP contribution >= 0.6 is 0 Å². The number of fused-ring (bicyclic) bond motifs is 4. The maximum absolute atomic E-state index is 5.82. The summed E-state index contributed by atoms with van der Waals surface area (Å²) >= 11 is 0. The van der Waals surface area contributed by atoms with Crippen LogP contribution in [0.3, 0.4) is 0 Å². The fourth-order valence-electron chi connectivity index (χ4n) is 4.05. The van der Waals surface area contributed by atoms with Crippen molar-refractivity contribution in [1.29, 1.82) is 0 Å². The van der Waals surface area contributed by atoms with Crippen molar-refractivity contribution < 1.29 is 9.47 Å². The van der Waals surface area contributed by atoms with Crippen LogP contribution in [-0.4, -0.2) is 25.3 Å². The molecule has 0 saturated heterocycles. The molecule has 0 fully saturated rings. The predicted molar refractivity (Wildman–Crippen MR) is 80.8 cm³/mol. The predicted octanol–water partition coefficient (Wildman–Crippen LogP) is 3.17. The minimum atomic E-state index is 0.341. The molecule has 0 spiro atoms. The molecule has 0 bridgehead atoms. The van der Waals surface area contributed by atoms with Crippen molar-refractivity contribution in [2.75, 3.05) is 20.4 Å². The summed E-state index contributed by atoms with van der Waals surface area (Å²) in [6.45, 7) is 1.45. The molecule has 1 aliphatic carbocycles. The molecule has 0 saturated carbocycles. The van der Waals surface area contributed by atoms with E-state index in [1.807, 2.05) is 0 Å². The number of nitrogens with zero attached hydrogens (tertiary/aromatic N) is 1. The molecular formula is C18H17NO2. The van der Waals surface area contributed by atoms with E-state index < -0.39 is 0 Å². The summed E-state index contributed by atoms with van der Waals surface area (Å²) in [5, 5.41) is 0. The summed E-state index contributed by atoms with van der Waals surface area (Å²) in [5.41, 5.74) is 6.92. The molecule has 0 unspecified atom stereocenters. The molecular weight excluding hydrogens is 262 g/mol. The molecule has 3 aliphatic rings. The Balaban J connectivity index is 1.89. The van der Waals surface area contributed by atoms with E-state index in [1.54, 1.807) is 0 Å². The molecule has 1 atom stereocenters. The summed E-state index contributed by atoms with van der Waals surface area (Å²) in [7, 11) is 2.23. The summed E-state index contributed by atoms with van der Waals surface area (Å²) in [5.74, 6) is 1.87. The van der Waals surface area contributed by atoms with Crippen molar-refractivity contribution in [3.8, 4) is 22.6 Å². The molecule has 5 rings (SSSR count). The number of rotatable bonds is 0. The van der Waals surface area contributed by atoms with Crippen LogP contribution < -0.4 is 9.47 Å². The van der Waals surface area contributed by atoms with Crippen LogP contribution in [0.15, 0.2) is 30.3 Å². The van der Waals surface area contributed by atoms with Gasteiger partial charge in [0.05, 0.1) is 0 Å².